The Kier molecular flexibility index (Phi) is 6.42. The van der Waals surface area contributed by atoms with Gasteiger partial charge in [0, 0.05) is 22.2 Å². The summed E-state index contributed by atoms with van der Waals surface area (Å²) < 4.78 is 11.6. The number of rotatable bonds is 7. The summed E-state index contributed by atoms with van der Waals surface area (Å²) in [5.74, 6) is -0.0206. The fraction of sp³-hybridized carbons (Fsp3) is 0.0870. The van der Waals surface area contributed by atoms with Gasteiger partial charge in [0.15, 0.2) is 5.75 Å². The van der Waals surface area contributed by atoms with Crippen molar-refractivity contribution in [3.8, 4) is 11.5 Å². The predicted molar refractivity (Wildman–Crippen MR) is 127 cm³/mol. The highest BCUT2D eigenvalue weighted by molar-refractivity contribution is 6.31. The Morgan fingerprint density at radius 2 is 1.88 bits per heavy atom. The zero-order valence-electron chi connectivity index (χ0n) is 17.7. The Bertz CT molecular complexity index is 1540. The highest BCUT2D eigenvalue weighted by atomic mass is 35.5. The summed E-state index contributed by atoms with van der Waals surface area (Å²) in [6.07, 6.45) is 1.15. The number of benzene rings is 3. The van der Waals surface area contributed by atoms with Gasteiger partial charge in [-0.2, -0.15) is 5.10 Å². The average molecular weight is 481 g/mol. The van der Waals surface area contributed by atoms with Crippen molar-refractivity contribution < 1.29 is 14.4 Å². The van der Waals surface area contributed by atoms with E-state index in [1.54, 1.807) is 48.5 Å². The predicted octanol–water partition coefficient (Wildman–Crippen LogP) is 3.72. The minimum absolute atomic E-state index is 0.0217. The molecule has 0 spiro atoms. The van der Waals surface area contributed by atoms with Gasteiger partial charge in [-0.1, -0.05) is 41.9 Å². The number of halogens is 1. The summed E-state index contributed by atoms with van der Waals surface area (Å²) in [4.78, 5) is 38.6. The molecule has 3 aromatic carbocycles. The molecule has 0 fully saturated rings. The largest absolute Gasteiger partial charge is 0.493 e. The average Bonchev–Trinajstić information content (AvgIpc) is 2.83. The molecule has 34 heavy (non-hydrogen) atoms. The van der Waals surface area contributed by atoms with Crippen LogP contribution in [0.5, 0.6) is 11.5 Å². The number of aromatic nitrogens is 2. The van der Waals surface area contributed by atoms with Gasteiger partial charge in [0.05, 0.1) is 29.2 Å². The van der Waals surface area contributed by atoms with Crippen LogP contribution >= 0.6 is 11.6 Å². The summed E-state index contributed by atoms with van der Waals surface area (Å²) in [7, 11) is 1.33. The van der Waals surface area contributed by atoms with Crippen LogP contribution < -0.4 is 20.7 Å². The van der Waals surface area contributed by atoms with Crippen molar-refractivity contribution in [2.75, 3.05) is 7.11 Å². The molecule has 4 rings (SSSR count). The number of H-pyrrole nitrogens is 1. The molecule has 1 aromatic heterocycles. The molecule has 0 aliphatic carbocycles. The van der Waals surface area contributed by atoms with Crippen LogP contribution in [0.1, 0.15) is 11.1 Å². The molecule has 0 saturated heterocycles. The third-order valence-corrected chi connectivity index (χ3v) is 5.28. The number of nitro groups is 1. The number of hydrogen-bond donors (Lipinski definition) is 1. The molecule has 1 heterocycles. The summed E-state index contributed by atoms with van der Waals surface area (Å²) in [6.45, 7) is -0.0217. The monoisotopic (exact) mass is 480 g/mol. The van der Waals surface area contributed by atoms with E-state index in [-0.39, 0.29) is 34.7 Å². The van der Waals surface area contributed by atoms with Gasteiger partial charge in [-0.15, -0.1) is 4.68 Å². The van der Waals surface area contributed by atoms with E-state index in [1.165, 1.54) is 19.2 Å². The van der Waals surface area contributed by atoms with Crippen LogP contribution in [0.15, 0.2) is 75.4 Å². The molecular formula is C23H17ClN4O6. The number of nitrogens with one attached hydrogen (secondary N) is 1. The van der Waals surface area contributed by atoms with Crippen LogP contribution in [0.25, 0.3) is 10.9 Å². The number of nitro benzene ring substituents is 1. The molecule has 4 aromatic rings. The van der Waals surface area contributed by atoms with Gasteiger partial charge in [-0.3, -0.25) is 14.9 Å². The van der Waals surface area contributed by atoms with E-state index in [9.17, 15) is 19.7 Å². The first kappa shape index (κ1) is 22.7. The van der Waals surface area contributed by atoms with Gasteiger partial charge < -0.3 is 14.5 Å². The molecule has 1 N–H and O–H groups in total. The number of hydrogen-bond acceptors (Lipinski definition) is 7. The van der Waals surface area contributed by atoms with Crippen molar-refractivity contribution >= 4 is 34.4 Å². The maximum absolute atomic E-state index is 12.6. The van der Waals surface area contributed by atoms with Gasteiger partial charge in [0.25, 0.3) is 5.56 Å². The Hall–Kier alpha value is -4.44. The molecule has 0 amide bonds. The topological polar surface area (TPSA) is 129 Å². The minimum Gasteiger partial charge on any atom is -0.493 e. The fourth-order valence-corrected chi connectivity index (χ4v) is 3.45. The maximum atomic E-state index is 12.6. The van der Waals surface area contributed by atoms with Crippen LogP contribution in [-0.4, -0.2) is 27.9 Å². The second-order valence-electron chi connectivity index (χ2n) is 7.05. The first-order chi connectivity index (χ1) is 16.4. The third kappa shape index (κ3) is 4.52. The lowest BCUT2D eigenvalue weighted by atomic mass is 10.1. The molecule has 0 aliphatic heterocycles. The number of para-hydroxylation sites is 1. The van der Waals surface area contributed by atoms with Crippen LogP contribution in [0, 0.1) is 10.1 Å². The SMILES string of the molecule is COc1cc(C=Nn2c(=O)[nH]c3ccccc3c2=O)cc([N+](=O)[O-])c1OCc1ccccc1Cl. The molecule has 0 bridgehead atoms. The second kappa shape index (κ2) is 9.59. The van der Waals surface area contributed by atoms with Crippen molar-refractivity contribution in [3.05, 3.63) is 108 Å². The summed E-state index contributed by atoms with van der Waals surface area (Å²) >= 11 is 6.13. The van der Waals surface area contributed by atoms with Gasteiger partial charge in [0.2, 0.25) is 5.75 Å². The molecule has 10 nitrogen and oxygen atoms in total. The molecule has 0 saturated carbocycles. The van der Waals surface area contributed by atoms with E-state index < -0.39 is 16.2 Å². The first-order valence-corrected chi connectivity index (χ1v) is 10.3. The van der Waals surface area contributed by atoms with Gasteiger partial charge in [0.1, 0.15) is 6.61 Å². The maximum Gasteiger partial charge on any atom is 0.349 e. The Morgan fingerprint density at radius 1 is 1.15 bits per heavy atom. The van der Waals surface area contributed by atoms with E-state index in [4.69, 9.17) is 21.1 Å². The second-order valence-corrected chi connectivity index (χ2v) is 7.45. The number of nitrogens with zero attached hydrogens (tertiary/aromatic N) is 3. The molecule has 0 unspecified atom stereocenters. The van der Waals surface area contributed by atoms with Gasteiger partial charge in [-0.05, 0) is 24.3 Å². The normalized spacial score (nSPS) is 11.1. The number of ether oxygens (including phenoxy) is 2. The Labute approximate surface area is 196 Å². The Balaban J connectivity index is 1.72. The number of aromatic amines is 1. The van der Waals surface area contributed by atoms with Crippen molar-refractivity contribution in [1.29, 1.82) is 0 Å². The molecular weight excluding hydrogens is 464 g/mol. The van der Waals surface area contributed by atoms with E-state index in [0.29, 0.717) is 20.8 Å². The quantitative estimate of drug-likeness (QED) is 0.244. The zero-order chi connectivity index (χ0) is 24.2. The van der Waals surface area contributed by atoms with Crippen molar-refractivity contribution in [2.45, 2.75) is 6.61 Å². The number of methoxy groups -OCH3 is 1. The van der Waals surface area contributed by atoms with Crippen molar-refractivity contribution in [2.24, 2.45) is 5.10 Å². The molecule has 0 aliphatic rings. The van der Waals surface area contributed by atoms with Gasteiger partial charge in [-0.25, -0.2) is 4.79 Å². The molecule has 0 radical (unpaired) electrons. The lowest BCUT2D eigenvalue weighted by Gasteiger charge is -2.12. The van der Waals surface area contributed by atoms with E-state index in [0.717, 1.165) is 6.21 Å². The van der Waals surface area contributed by atoms with E-state index >= 15 is 0 Å². The van der Waals surface area contributed by atoms with Crippen LogP contribution in [0.2, 0.25) is 5.02 Å². The zero-order valence-corrected chi connectivity index (χ0v) is 18.5. The highest BCUT2D eigenvalue weighted by Crippen LogP contribution is 2.38. The standard InChI is InChI=1S/C23H17ClN4O6/c1-33-20-11-14(12-25-27-22(29)16-7-3-5-9-18(16)26-23(27)30)10-19(28(31)32)21(20)34-13-15-6-2-4-8-17(15)24/h2-12H,13H2,1H3,(H,26,30). The molecule has 172 valence electrons. The van der Waals surface area contributed by atoms with Crippen LogP contribution in [0.3, 0.4) is 0 Å². The first-order valence-electron chi connectivity index (χ1n) is 9.90. The molecule has 0 atom stereocenters. The van der Waals surface area contributed by atoms with E-state index in [2.05, 4.69) is 10.1 Å². The lowest BCUT2D eigenvalue weighted by Crippen LogP contribution is -2.32. The molecule has 11 heteroatoms. The lowest BCUT2D eigenvalue weighted by molar-refractivity contribution is -0.386. The summed E-state index contributed by atoms with van der Waals surface area (Å²) in [6, 6.07) is 16.1. The van der Waals surface area contributed by atoms with Gasteiger partial charge >= 0.3 is 11.4 Å². The fourth-order valence-electron chi connectivity index (χ4n) is 3.26. The van der Waals surface area contributed by atoms with Crippen LogP contribution in [-0.2, 0) is 6.61 Å². The van der Waals surface area contributed by atoms with Crippen LogP contribution in [0.4, 0.5) is 5.69 Å². The third-order valence-electron chi connectivity index (χ3n) is 4.91. The van der Waals surface area contributed by atoms with Crippen molar-refractivity contribution in [1.82, 2.24) is 9.66 Å². The smallest absolute Gasteiger partial charge is 0.349 e. The highest BCUT2D eigenvalue weighted by Gasteiger charge is 2.22. The summed E-state index contributed by atoms with van der Waals surface area (Å²) in [5, 5.41) is 16.4. The minimum atomic E-state index is -0.749. The van der Waals surface area contributed by atoms with E-state index in [1.807, 2.05) is 0 Å². The van der Waals surface area contributed by atoms with Crippen molar-refractivity contribution in [3.63, 3.8) is 0 Å². The Morgan fingerprint density at radius 3 is 2.62 bits per heavy atom. The number of fused-ring (bicyclic) bond motifs is 1. The summed E-state index contributed by atoms with van der Waals surface area (Å²) in [5.41, 5.74) is -0.527.